The van der Waals surface area contributed by atoms with E-state index in [9.17, 15) is 14.0 Å². The Bertz CT molecular complexity index is 1330. The van der Waals surface area contributed by atoms with Gasteiger partial charge < -0.3 is 4.74 Å². The van der Waals surface area contributed by atoms with Crippen LogP contribution in [-0.4, -0.2) is 28.9 Å². The lowest BCUT2D eigenvalue weighted by atomic mass is 10.3. The Balaban J connectivity index is 1.48. The van der Waals surface area contributed by atoms with Crippen molar-refractivity contribution in [2.24, 2.45) is 0 Å². The second-order valence-electron chi connectivity index (χ2n) is 6.54. The van der Waals surface area contributed by atoms with Crippen LogP contribution in [0.2, 0.25) is 0 Å². The molecule has 0 bridgehead atoms. The van der Waals surface area contributed by atoms with Gasteiger partial charge in [0.2, 0.25) is 11.8 Å². The number of carbonyl (C=O) groups is 2. The molecule has 2 aromatic carbocycles. The summed E-state index contributed by atoms with van der Waals surface area (Å²) in [4.78, 5) is 34.3. The van der Waals surface area contributed by atoms with Crippen molar-refractivity contribution in [3.8, 4) is 5.75 Å². The summed E-state index contributed by atoms with van der Waals surface area (Å²) in [6.07, 6.45) is 2.85. The molecule has 0 aliphatic carbocycles. The van der Waals surface area contributed by atoms with Crippen molar-refractivity contribution in [3.05, 3.63) is 65.4 Å². The van der Waals surface area contributed by atoms with Gasteiger partial charge in [-0.2, -0.15) is 0 Å². The number of rotatable bonds is 6. The molecule has 4 aromatic rings. The van der Waals surface area contributed by atoms with Crippen molar-refractivity contribution in [2.75, 3.05) is 17.3 Å². The minimum absolute atomic E-state index is 0.120. The van der Waals surface area contributed by atoms with Crippen molar-refractivity contribution in [1.82, 2.24) is 9.97 Å². The molecule has 0 saturated carbocycles. The van der Waals surface area contributed by atoms with E-state index in [0.29, 0.717) is 21.7 Å². The number of benzene rings is 2. The molecule has 0 aliphatic heterocycles. The fraction of sp³-hybridized carbons (Fsp3) is 0.0909. The van der Waals surface area contributed by atoms with Gasteiger partial charge in [0.05, 0.1) is 28.7 Å². The number of thiazole rings is 2. The van der Waals surface area contributed by atoms with Crippen LogP contribution in [0.5, 0.6) is 5.75 Å². The third-order valence-electron chi connectivity index (χ3n) is 4.34. The smallest absolute Gasteiger partial charge is 0.250 e. The molecule has 0 saturated heterocycles. The number of fused-ring (bicyclic) bond motifs is 1. The molecule has 10 heteroatoms. The minimum atomic E-state index is -0.525. The van der Waals surface area contributed by atoms with Crippen LogP contribution in [0.4, 0.5) is 20.3 Å². The van der Waals surface area contributed by atoms with Gasteiger partial charge in [0.1, 0.15) is 11.6 Å². The minimum Gasteiger partial charge on any atom is -0.497 e. The van der Waals surface area contributed by atoms with Crippen LogP contribution in [0.25, 0.3) is 16.3 Å². The number of ether oxygens (including phenoxy) is 1. The van der Waals surface area contributed by atoms with Crippen LogP contribution in [0.15, 0.2) is 53.9 Å². The normalized spacial score (nSPS) is 11.1. The second-order valence-corrected chi connectivity index (χ2v) is 8.40. The summed E-state index contributed by atoms with van der Waals surface area (Å²) in [5.41, 5.74) is 1.35. The maximum Gasteiger partial charge on any atom is 0.250 e. The molecule has 1 N–H and O–H groups in total. The Hall–Kier alpha value is -3.63. The highest BCUT2D eigenvalue weighted by Gasteiger charge is 2.20. The average Bonchev–Trinajstić information content (AvgIpc) is 3.39. The maximum absolute atomic E-state index is 14.2. The molecule has 2 amide bonds. The first-order valence-corrected chi connectivity index (χ1v) is 11.1. The van der Waals surface area contributed by atoms with Gasteiger partial charge >= 0.3 is 0 Å². The predicted molar refractivity (Wildman–Crippen MR) is 125 cm³/mol. The number of aromatic nitrogens is 2. The Morgan fingerprint density at radius 1 is 1.19 bits per heavy atom. The van der Waals surface area contributed by atoms with Gasteiger partial charge in [-0.3, -0.25) is 19.8 Å². The summed E-state index contributed by atoms with van der Waals surface area (Å²) in [6.45, 7) is 1.34. The number of hydrogen-bond acceptors (Lipinski definition) is 7. The highest BCUT2D eigenvalue weighted by molar-refractivity contribution is 7.22. The van der Waals surface area contributed by atoms with Gasteiger partial charge in [0, 0.05) is 18.4 Å². The van der Waals surface area contributed by atoms with Gasteiger partial charge in [0.25, 0.3) is 0 Å². The van der Waals surface area contributed by atoms with E-state index >= 15 is 0 Å². The summed E-state index contributed by atoms with van der Waals surface area (Å²) in [7, 11) is 1.59. The van der Waals surface area contributed by atoms with Crippen LogP contribution in [0.1, 0.15) is 12.6 Å². The molecule has 32 heavy (non-hydrogen) atoms. The van der Waals surface area contributed by atoms with E-state index < -0.39 is 5.82 Å². The third kappa shape index (κ3) is 4.66. The Morgan fingerprint density at radius 2 is 2.00 bits per heavy atom. The molecule has 0 aliphatic rings. The number of carbonyl (C=O) groups excluding carboxylic acids is 2. The van der Waals surface area contributed by atoms with Gasteiger partial charge in [-0.05, 0) is 36.4 Å². The molecule has 0 radical (unpaired) electrons. The molecule has 2 aromatic heterocycles. The Labute approximate surface area is 190 Å². The van der Waals surface area contributed by atoms with Crippen LogP contribution in [0, 0.1) is 5.82 Å². The lowest BCUT2D eigenvalue weighted by Gasteiger charge is -2.18. The van der Waals surface area contributed by atoms with E-state index in [1.807, 2.05) is 12.1 Å². The number of amides is 2. The summed E-state index contributed by atoms with van der Waals surface area (Å²) < 4.78 is 20.3. The topological polar surface area (TPSA) is 84.4 Å². The standard InChI is InChI=1S/C22H17FN4O3S2/c1-13(28)27(18-6-4-3-5-16(18)23)22-24-14(12-31-22)7-10-20(29)26-21-25-17-9-8-15(30-2)11-19(17)32-21/h3-12H,1-2H3,(H,25,26,29)/b10-7+. The number of anilines is 3. The molecular formula is C22H17FN4O3S2. The van der Waals surface area contributed by atoms with E-state index in [4.69, 9.17) is 4.74 Å². The zero-order chi connectivity index (χ0) is 22.7. The number of halogens is 1. The van der Waals surface area contributed by atoms with E-state index in [-0.39, 0.29) is 17.5 Å². The number of nitrogens with zero attached hydrogens (tertiary/aromatic N) is 3. The number of methoxy groups -OCH3 is 1. The molecule has 7 nitrogen and oxygen atoms in total. The summed E-state index contributed by atoms with van der Waals surface area (Å²) in [6, 6.07) is 11.5. The number of nitrogens with one attached hydrogen (secondary N) is 1. The zero-order valence-electron chi connectivity index (χ0n) is 17.0. The molecule has 0 spiro atoms. The Kier molecular flexibility index (Phi) is 6.24. The van der Waals surface area contributed by atoms with Gasteiger partial charge in [0.15, 0.2) is 10.3 Å². The third-order valence-corrected chi connectivity index (χ3v) is 6.12. The first-order valence-electron chi connectivity index (χ1n) is 9.39. The highest BCUT2D eigenvalue weighted by Crippen LogP contribution is 2.31. The summed E-state index contributed by atoms with van der Waals surface area (Å²) in [5.74, 6) is -0.552. The van der Waals surface area contributed by atoms with Crippen molar-refractivity contribution in [1.29, 1.82) is 0 Å². The largest absolute Gasteiger partial charge is 0.497 e. The van der Waals surface area contributed by atoms with Crippen molar-refractivity contribution >= 4 is 66.7 Å². The molecule has 0 atom stereocenters. The lowest BCUT2D eigenvalue weighted by Crippen LogP contribution is -2.23. The van der Waals surface area contributed by atoms with E-state index in [0.717, 1.165) is 10.2 Å². The molecule has 0 unspecified atom stereocenters. The number of hydrogen-bond donors (Lipinski definition) is 1. The van der Waals surface area contributed by atoms with Gasteiger partial charge in [-0.25, -0.2) is 14.4 Å². The van der Waals surface area contributed by atoms with E-state index in [1.165, 1.54) is 58.8 Å². The quantitative estimate of drug-likeness (QED) is 0.392. The fourth-order valence-corrected chi connectivity index (χ4v) is 4.63. The number of para-hydroxylation sites is 1. The first kappa shape index (κ1) is 21.6. The van der Waals surface area contributed by atoms with Crippen molar-refractivity contribution in [3.63, 3.8) is 0 Å². The van der Waals surface area contributed by atoms with E-state index in [2.05, 4.69) is 15.3 Å². The van der Waals surface area contributed by atoms with Crippen molar-refractivity contribution < 1.29 is 18.7 Å². The first-order chi connectivity index (χ1) is 15.4. The highest BCUT2D eigenvalue weighted by atomic mass is 32.1. The molecule has 162 valence electrons. The van der Waals surface area contributed by atoms with Gasteiger partial charge in [-0.15, -0.1) is 11.3 Å². The van der Waals surface area contributed by atoms with Crippen LogP contribution in [-0.2, 0) is 9.59 Å². The van der Waals surface area contributed by atoms with Gasteiger partial charge in [-0.1, -0.05) is 23.5 Å². The van der Waals surface area contributed by atoms with Crippen LogP contribution in [0.3, 0.4) is 0 Å². The van der Waals surface area contributed by atoms with Crippen LogP contribution < -0.4 is 15.0 Å². The molecule has 0 fully saturated rings. The van der Waals surface area contributed by atoms with Crippen LogP contribution >= 0.6 is 22.7 Å². The second kappa shape index (κ2) is 9.25. The lowest BCUT2D eigenvalue weighted by molar-refractivity contribution is -0.116. The fourth-order valence-electron chi connectivity index (χ4n) is 2.89. The molecule has 4 rings (SSSR count). The summed E-state index contributed by atoms with van der Waals surface area (Å²) in [5, 5.41) is 5.17. The summed E-state index contributed by atoms with van der Waals surface area (Å²) >= 11 is 2.51. The zero-order valence-corrected chi connectivity index (χ0v) is 18.7. The SMILES string of the molecule is COc1ccc2nc(NC(=O)/C=C/c3csc(N(C(C)=O)c4ccccc4F)n3)sc2c1. The predicted octanol–water partition coefficient (Wildman–Crippen LogP) is 5.24. The monoisotopic (exact) mass is 468 g/mol. The molecule has 2 heterocycles. The maximum atomic E-state index is 14.2. The van der Waals surface area contributed by atoms with E-state index in [1.54, 1.807) is 30.7 Å². The average molecular weight is 469 g/mol. The molecular weight excluding hydrogens is 451 g/mol. The van der Waals surface area contributed by atoms with Crippen molar-refractivity contribution in [2.45, 2.75) is 6.92 Å². The Morgan fingerprint density at radius 3 is 2.75 bits per heavy atom.